The van der Waals surface area contributed by atoms with Gasteiger partial charge in [-0.15, -0.1) is 0 Å². The van der Waals surface area contributed by atoms with Crippen molar-refractivity contribution in [3.05, 3.63) is 35.1 Å². The molecule has 1 aliphatic heterocycles. The third-order valence-electron chi connectivity index (χ3n) is 3.50. The summed E-state index contributed by atoms with van der Waals surface area (Å²) in [5.41, 5.74) is 0.712. The number of methoxy groups -OCH3 is 2. The van der Waals surface area contributed by atoms with Gasteiger partial charge in [0.2, 0.25) is 0 Å². The zero-order valence-electron chi connectivity index (χ0n) is 13.3. The Morgan fingerprint density at radius 3 is 2.65 bits per heavy atom. The maximum Gasteiger partial charge on any atom is 0.339 e. The Balaban J connectivity index is 2.17. The Hall–Kier alpha value is -2.70. The number of benzene rings is 1. The lowest BCUT2D eigenvalue weighted by Gasteiger charge is -2.18. The highest BCUT2D eigenvalue weighted by Crippen LogP contribution is 2.28. The minimum atomic E-state index is -0.678. The Labute approximate surface area is 134 Å². The molecule has 1 aromatic rings. The van der Waals surface area contributed by atoms with Crippen LogP contribution in [0.25, 0.3) is 0 Å². The van der Waals surface area contributed by atoms with Crippen molar-refractivity contribution >= 4 is 11.9 Å². The highest BCUT2D eigenvalue weighted by atomic mass is 16.5. The number of amides is 1. The van der Waals surface area contributed by atoms with Gasteiger partial charge in [-0.25, -0.2) is 4.79 Å². The van der Waals surface area contributed by atoms with Crippen molar-refractivity contribution in [2.75, 3.05) is 27.4 Å². The number of hydrogen-bond donors (Lipinski definition) is 1. The Bertz CT molecular complexity index is 652. The van der Waals surface area contributed by atoms with Crippen LogP contribution in [0.15, 0.2) is 29.5 Å². The van der Waals surface area contributed by atoms with E-state index in [1.165, 1.54) is 12.0 Å². The summed E-state index contributed by atoms with van der Waals surface area (Å²) in [4.78, 5) is 25.2. The van der Waals surface area contributed by atoms with Crippen molar-refractivity contribution in [1.82, 2.24) is 4.90 Å². The van der Waals surface area contributed by atoms with Crippen LogP contribution in [0.2, 0.25) is 0 Å². The largest absolute Gasteiger partial charge is 0.503 e. The van der Waals surface area contributed by atoms with Gasteiger partial charge in [0.25, 0.3) is 5.91 Å². The maximum absolute atomic E-state index is 12.1. The predicted octanol–water partition coefficient (Wildman–Crippen LogP) is 1.42. The topological polar surface area (TPSA) is 85.3 Å². The number of carbonyl (C=O) groups is 2. The van der Waals surface area contributed by atoms with Crippen LogP contribution in [0.4, 0.5) is 0 Å². The predicted molar refractivity (Wildman–Crippen MR) is 81.3 cm³/mol. The summed E-state index contributed by atoms with van der Waals surface area (Å²) in [6.07, 6.45) is 0. The standard InChI is InChI=1S/C16H19NO6/c1-4-23-16(20)12-9-17(15(19)14(12)18)8-10-5-6-11(21-2)7-13(10)22-3/h5-7,18H,4,8-9H2,1-3H3. The molecule has 0 bridgehead atoms. The molecule has 0 spiro atoms. The van der Waals surface area contributed by atoms with Crippen LogP contribution in [0.5, 0.6) is 11.5 Å². The Morgan fingerprint density at radius 2 is 2.04 bits per heavy atom. The molecule has 0 fully saturated rings. The summed E-state index contributed by atoms with van der Waals surface area (Å²) in [6.45, 7) is 2.03. The normalized spacial score (nSPS) is 14.2. The average Bonchev–Trinajstić information content (AvgIpc) is 2.84. The van der Waals surface area contributed by atoms with Crippen LogP contribution in [0, 0.1) is 0 Å². The zero-order chi connectivity index (χ0) is 17.0. The van der Waals surface area contributed by atoms with Crippen molar-refractivity contribution in [2.45, 2.75) is 13.5 Å². The lowest BCUT2D eigenvalue weighted by molar-refractivity contribution is -0.138. The Morgan fingerprint density at radius 1 is 1.30 bits per heavy atom. The summed E-state index contributed by atoms with van der Waals surface area (Å²) >= 11 is 0. The second-order valence-electron chi connectivity index (χ2n) is 4.89. The fourth-order valence-electron chi connectivity index (χ4n) is 2.31. The van der Waals surface area contributed by atoms with Gasteiger partial charge >= 0.3 is 5.97 Å². The number of nitrogens with zero attached hydrogens (tertiary/aromatic N) is 1. The van der Waals surface area contributed by atoms with E-state index in [0.29, 0.717) is 11.5 Å². The van der Waals surface area contributed by atoms with Crippen molar-refractivity contribution in [1.29, 1.82) is 0 Å². The first kappa shape index (κ1) is 16.7. The van der Waals surface area contributed by atoms with Crippen LogP contribution < -0.4 is 9.47 Å². The van der Waals surface area contributed by atoms with Crippen LogP contribution in [-0.2, 0) is 20.9 Å². The molecule has 0 unspecified atom stereocenters. The third kappa shape index (κ3) is 3.39. The highest BCUT2D eigenvalue weighted by Gasteiger charge is 2.35. The number of aliphatic hydroxyl groups is 1. The molecule has 1 aromatic carbocycles. The molecule has 7 heteroatoms. The zero-order valence-corrected chi connectivity index (χ0v) is 13.3. The lowest BCUT2D eigenvalue weighted by Crippen LogP contribution is -2.27. The maximum atomic E-state index is 12.1. The second kappa shape index (κ2) is 7.04. The lowest BCUT2D eigenvalue weighted by atomic mass is 10.1. The van der Waals surface area contributed by atoms with Crippen LogP contribution >= 0.6 is 0 Å². The first-order valence-electron chi connectivity index (χ1n) is 7.11. The van der Waals surface area contributed by atoms with Gasteiger partial charge in [0.05, 0.1) is 33.9 Å². The fourth-order valence-corrected chi connectivity index (χ4v) is 2.31. The summed E-state index contributed by atoms with van der Waals surface area (Å²) in [6, 6.07) is 5.22. The molecular weight excluding hydrogens is 302 g/mol. The first-order valence-corrected chi connectivity index (χ1v) is 7.11. The van der Waals surface area contributed by atoms with Crippen molar-refractivity contribution in [3.8, 4) is 11.5 Å². The highest BCUT2D eigenvalue weighted by molar-refractivity contribution is 6.05. The number of rotatable bonds is 6. The van der Waals surface area contributed by atoms with E-state index in [1.807, 2.05) is 0 Å². The van der Waals surface area contributed by atoms with E-state index in [4.69, 9.17) is 14.2 Å². The minimum absolute atomic E-state index is 0.00131. The minimum Gasteiger partial charge on any atom is -0.503 e. The van der Waals surface area contributed by atoms with Crippen LogP contribution in [-0.4, -0.2) is 49.3 Å². The molecule has 124 valence electrons. The smallest absolute Gasteiger partial charge is 0.339 e. The quantitative estimate of drug-likeness (QED) is 0.798. The van der Waals surface area contributed by atoms with E-state index >= 15 is 0 Å². The number of esters is 1. The van der Waals surface area contributed by atoms with E-state index in [2.05, 4.69) is 0 Å². The molecule has 0 aromatic heterocycles. The second-order valence-corrected chi connectivity index (χ2v) is 4.89. The molecule has 2 rings (SSSR count). The van der Waals surface area contributed by atoms with Gasteiger partial charge in [-0.05, 0) is 19.1 Å². The monoisotopic (exact) mass is 321 g/mol. The van der Waals surface area contributed by atoms with Crippen LogP contribution in [0.3, 0.4) is 0 Å². The molecule has 0 aliphatic carbocycles. The van der Waals surface area contributed by atoms with E-state index < -0.39 is 17.6 Å². The molecule has 7 nitrogen and oxygen atoms in total. The summed E-state index contributed by atoms with van der Waals surface area (Å²) < 4.78 is 15.3. The molecule has 0 radical (unpaired) electrons. The van der Waals surface area contributed by atoms with Crippen molar-refractivity contribution < 1.29 is 28.9 Å². The molecule has 1 heterocycles. The van der Waals surface area contributed by atoms with E-state index in [-0.39, 0.29) is 25.3 Å². The summed E-state index contributed by atoms with van der Waals surface area (Å²) in [5, 5.41) is 9.85. The first-order chi connectivity index (χ1) is 11.0. The molecule has 0 atom stereocenters. The molecule has 1 N–H and O–H groups in total. The summed E-state index contributed by atoms with van der Waals surface area (Å²) in [5.74, 6) is -0.655. The van der Waals surface area contributed by atoms with Crippen molar-refractivity contribution in [3.63, 3.8) is 0 Å². The number of ether oxygens (including phenoxy) is 3. The van der Waals surface area contributed by atoms with Gasteiger partial charge in [-0.2, -0.15) is 0 Å². The third-order valence-corrected chi connectivity index (χ3v) is 3.50. The van der Waals surface area contributed by atoms with Gasteiger partial charge in [-0.3, -0.25) is 4.79 Å². The molecule has 1 amide bonds. The molecule has 0 saturated heterocycles. The number of hydrogen-bond acceptors (Lipinski definition) is 6. The van der Waals surface area contributed by atoms with Gasteiger partial charge < -0.3 is 24.2 Å². The van der Waals surface area contributed by atoms with Gasteiger partial charge in [0.15, 0.2) is 5.76 Å². The van der Waals surface area contributed by atoms with Crippen molar-refractivity contribution in [2.24, 2.45) is 0 Å². The van der Waals surface area contributed by atoms with Gasteiger partial charge in [0, 0.05) is 11.6 Å². The van der Waals surface area contributed by atoms with Crippen LogP contribution in [0.1, 0.15) is 12.5 Å². The Kier molecular flexibility index (Phi) is 5.10. The van der Waals surface area contributed by atoms with Gasteiger partial charge in [-0.1, -0.05) is 0 Å². The summed E-state index contributed by atoms with van der Waals surface area (Å²) in [7, 11) is 3.07. The SMILES string of the molecule is CCOC(=O)C1=C(O)C(=O)N(Cc2ccc(OC)cc2OC)C1. The van der Waals surface area contributed by atoms with E-state index in [0.717, 1.165) is 5.56 Å². The molecular formula is C16H19NO6. The van der Waals surface area contributed by atoms with E-state index in [1.54, 1.807) is 32.2 Å². The van der Waals surface area contributed by atoms with Gasteiger partial charge in [0.1, 0.15) is 17.1 Å². The molecule has 23 heavy (non-hydrogen) atoms. The number of carbonyl (C=O) groups excluding carboxylic acids is 2. The average molecular weight is 321 g/mol. The number of aliphatic hydroxyl groups excluding tert-OH is 1. The fraction of sp³-hybridized carbons (Fsp3) is 0.375. The molecule has 1 aliphatic rings. The molecule has 0 saturated carbocycles. The van der Waals surface area contributed by atoms with E-state index in [9.17, 15) is 14.7 Å².